The zero-order valence-corrected chi connectivity index (χ0v) is 19.3. The van der Waals surface area contributed by atoms with Crippen molar-refractivity contribution in [1.82, 2.24) is 14.8 Å². The van der Waals surface area contributed by atoms with Crippen molar-refractivity contribution in [3.05, 3.63) is 58.6 Å². The van der Waals surface area contributed by atoms with Crippen molar-refractivity contribution >= 4 is 56.0 Å². The van der Waals surface area contributed by atoms with Gasteiger partial charge in [0.05, 0.1) is 34.1 Å². The lowest BCUT2D eigenvalue weighted by molar-refractivity contribution is -0.119. The predicted molar refractivity (Wildman–Crippen MR) is 126 cm³/mol. The van der Waals surface area contributed by atoms with Crippen molar-refractivity contribution in [2.75, 3.05) is 50.8 Å². The van der Waals surface area contributed by atoms with E-state index in [9.17, 15) is 14.4 Å². The number of anilines is 1. The first-order valence-electron chi connectivity index (χ1n) is 10.6. The highest BCUT2D eigenvalue weighted by Gasteiger charge is 2.37. The second-order valence-electron chi connectivity index (χ2n) is 7.82. The molecule has 3 heterocycles. The van der Waals surface area contributed by atoms with Gasteiger partial charge in [0.1, 0.15) is 12.1 Å². The van der Waals surface area contributed by atoms with Crippen LogP contribution < -0.4 is 4.90 Å². The maximum atomic E-state index is 13.4. The van der Waals surface area contributed by atoms with E-state index in [0.717, 1.165) is 22.7 Å². The average Bonchev–Trinajstić information content (AvgIpc) is 3.36. The van der Waals surface area contributed by atoms with Crippen molar-refractivity contribution in [3.63, 3.8) is 0 Å². The first-order chi connectivity index (χ1) is 16.0. The number of halogens is 1. The highest BCUT2D eigenvalue weighted by Crippen LogP contribution is 2.33. The third-order valence-corrected chi connectivity index (χ3v) is 7.15. The molecule has 0 saturated carbocycles. The number of ether oxygens (including phenoxy) is 1. The van der Waals surface area contributed by atoms with Crippen LogP contribution in [-0.2, 0) is 9.53 Å². The lowest BCUT2D eigenvalue weighted by Crippen LogP contribution is -2.47. The van der Waals surface area contributed by atoms with E-state index in [1.54, 1.807) is 35.2 Å². The quantitative estimate of drug-likeness (QED) is 0.500. The Bertz CT molecular complexity index is 1210. The summed E-state index contributed by atoms with van der Waals surface area (Å²) in [6.45, 7) is 3.52. The third-order valence-electron chi connectivity index (χ3n) is 5.81. The highest BCUT2D eigenvalue weighted by atomic mass is 35.5. The summed E-state index contributed by atoms with van der Waals surface area (Å²) in [5, 5.41) is 1.00. The normalized spacial score (nSPS) is 16.5. The van der Waals surface area contributed by atoms with Gasteiger partial charge in [0.15, 0.2) is 5.13 Å². The Hall–Kier alpha value is -2.85. The number of fused-ring (bicyclic) bond motifs is 2. The summed E-state index contributed by atoms with van der Waals surface area (Å²) >= 11 is 7.66. The van der Waals surface area contributed by atoms with Crippen LogP contribution in [0.4, 0.5) is 5.13 Å². The van der Waals surface area contributed by atoms with E-state index in [4.69, 9.17) is 16.3 Å². The first-order valence-corrected chi connectivity index (χ1v) is 11.8. The minimum atomic E-state index is -0.454. The van der Waals surface area contributed by atoms with Gasteiger partial charge in [-0.05, 0) is 24.3 Å². The molecule has 2 aromatic carbocycles. The number of imide groups is 1. The molecule has 3 amide bonds. The molecule has 5 rings (SSSR count). The number of nitrogens with zero attached hydrogens (tertiary/aromatic N) is 4. The summed E-state index contributed by atoms with van der Waals surface area (Å²) in [5.74, 6) is -1.28. The van der Waals surface area contributed by atoms with Crippen LogP contribution in [0.5, 0.6) is 0 Å². The van der Waals surface area contributed by atoms with E-state index >= 15 is 0 Å². The summed E-state index contributed by atoms with van der Waals surface area (Å²) in [6.07, 6.45) is 0. The van der Waals surface area contributed by atoms with Crippen LogP contribution in [0.1, 0.15) is 20.7 Å². The number of para-hydroxylation sites is 1. The number of aromatic nitrogens is 1. The van der Waals surface area contributed by atoms with E-state index in [-0.39, 0.29) is 12.5 Å². The van der Waals surface area contributed by atoms with E-state index in [0.29, 0.717) is 53.1 Å². The molecule has 0 radical (unpaired) electrons. The van der Waals surface area contributed by atoms with Crippen molar-refractivity contribution in [3.8, 4) is 0 Å². The standard InChI is InChI=1S/C23H21ClN4O4S/c24-17-6-3-7-18-20(17)25-23(33-18)27(9-8-26-10-12-32-13-11-26)19(29)14-28-21(30)15-4-1-2-5-16(15)22(28)31/h1-7H,8-14H2. The minimum Gasteiger partial charge on any atom is -0.379 e. The van der Waals surface area contributed by atoms with Gasteiger partial charge < -0.3 is 4.74 Å². The van der Waals surface area contributed by atoms with Gasteiger partial charge in [-0.2, -0.15) is 0 Å². The number of hydrogen-bond acceptors (Lipinski definition) is 7. The molecule has 170 valence electrons. The molecule has 33 heavy (non-hydrogen) atoms. The maximum Gasteiger partial charge on any atom is 0.262 e. The van der Waals surface area contributed by atoms with E-state index < -0.39 is 11.8 Å². The molecule has 8 nitrogen and oxygen atoms in total. The SMILES string of the molecule is O=C1c2ccccc2C(=O)N1CC(=O)N(CCN1CCOCC1)c1nc2c(Cl)cccc2s1. The molecule has 2 aliphatic heterocycles. The van der Waals surface area contributed by atoms with Crippen LogP contribution in [-0.4, -0.2) is 78.4 Å². The third kappa shape index (κ3) is 4.24. The topological polar surface area (TPSA) is 83.1 Å². The predicted octanol–water partition coefficient (Wildman–Crippen LogP) is 2.91. The van der Waals surface area contributed by atoms with Gasteiger partial charge >= 0.3 is 0 Å². The van der Waals surface area contributed by atoms with Gasteiger partial charge in [-0.15, -0.1) is 0 Å². The summed E-state index contributed by atoms with van der Waals surface area (Å²) in [4.78, 5) is 48.4. The lowest BCUT2D eigenvalue weighted by atomic mass is 10.1. The number of carbonyl (C=O) groups is 3. The zero-order chi connectivity index (χ0) is 22.9. The highest BCUT2D eigenvalue weighted by molar-refractivity contribution is 7.22. The molecule has 1 fully saturated rings. The van der Waals surface area contributed by atoms with Gasteiger partial charge in [-0.3, -0.25) is 29.1 Å². The fourth-order valence-electron chi connectivity index (χ4n) is 4.02. The Kier molecular flexibility index (Phi) is 6.11. The largest absolute Gasteiger partial charge is 0.379 e. The van der Waals surface area contributed by atoms with Crippen molar-refractivity contribution in [2.45, 2.75) is 0 Å². The van der Waals surface area contributed by atoms with Crippen LogP contribution in [0.25, 0.3) is 10.2 Å². The fraction of sp³-hybridized carbons (Fsp3) is 0.304. The van der Waals surface area contributed by atoms with Crippen LogP contribution in [0, 0.1) is 0 Å². The summed E-state index contributed by atoms with van der Waals surface area (Å²) in [5.41, 5.74) is 1.27. The Balaban J connectivity index is 1.40. The zero-order valence-electron chi connectivity index (χ0n) is 17.7. The first kappa shape index (κ1) is 22.0. The molecular formula is C23H21ClN4O4S. The summed E-state index contributed by atoms with van der Waals surface area (Å²) < 4.78 is 6.27. The second kappa shape index (κ2) is 9.18. The molecule has 1 saturated heterocycles. The van der Waals surface area contributed by atoms with Crippen LogP contribution in [0.2, 0.25) is 5.02 Å². The average molecular weight is 485 g/mol. The Morgan fingerprint density at radius 1 is 1.06 bits per heavy atom. The van der Waals surface area contributed by atoms with E-state index in [1.807, 2.05) is 12.1 Å². The molecule has 0 N–H and O–H groups in total. The molecule has 2 aliphatic rings. The van der Waals surface area contributed by atoms with Crippen LogP contribution in [0.3, 0.4) is 0 Å². The maximum absolute atomic E-state index is 13.4. The molecule has 0 unspecified atom stereocenters. The van der Waals surface area contributed by atoms with Gasteiger partial charge in [-0.25, -0.2) is 4.98 Å². The van der Waals surface area contributed by atoms with Gasteiger partial charge in [0.2, 0.25) is 5.91 Å². The molecule has 3 aromatic rings. The van der Waals surface area contributed by atoms with Crippen molar-refractivity contribution < 1.29 is 19.1 Å². The van der Waals surface area contributed by atoms with Crippen molar-refractivity contribution in [1.29, 1.82) is 0 Å². The molecular weight excluding hydrogens is 464 g/mol. The molecule has 0 spiro atoms. The number of carbonyl (C=O) groups excluding carboxylic acids is 3. The smallest absolute Gasteiger partial charge is 0.262 e. The van der Waals surface area contributed by atoms with Gasteiger partial charge in [0.25, 0.3) is 11.8 Å². The molecule has 0 atom stereocenters. The number of benzene rings is 2. The van der Waals surface area contributed by atoms with Crippen LogP contribution in [0.15, 0.2) is 42.5 Å². The van der Waals surface area contributed by atoms with E-state index in [1.165, 1.54) is 11.3 Å². The number of rotatable bonds is 6. The lowest BCUT2D eigenvalue weighted by Gasteiger charge is -2.29. The Morgan fingerprint density at radius 3 is 2.42 bits per heavy atom. The van der Waals surface area contributed by atoms with E-state index in [2.05, 4.69) is 9.88 Å². The molecule has 1 aromatic heterocycles. The van der Waals surface area contributed by atoms with Crippen LogP contribution >= 0.6 is 22.9 Å². The molecule has 0 bridgehead atoms. The second-order valence-corrected chi connectivity index (χ2v) is 9.24. The number of morpholine rings is 1. The molecule has 0 aliphatic carbocycles. The number of amides is 3. The fourth-order valence-corrected chi connectivity index (χ4v) is 5.32. The molecule has 10 heteroatoms. The summed E-state index contributed by atoms with van der Waals surface area (Å²) in [6, 6.07) is 12.1. The van der Waals surface area contributed by atoms with Gasteiger partial charge in [-0.1, -0.05) is 41.1 Å². The Labute approximate surface area is 199 Å². The Morgan fingerprint density at radius 2 is 1.76 bits per heavy atom. The monoisotopic (exact) mass is 484 g/mol. The van der Waals surface area contributed by atoms with Crippen molar-refractivity contribution in [2.24, 2.45) is 0 Å². The van der Waals surface area contributed by atoms with Gasteiger partial charge in [0, 0.05) is 26.2 Å². The number of thiazole rings is 1. The number of hydrogen-bond donors (Lipinski definition) is 0. The minimum absolute atomic E-state index is 0.321. The summed E-state index contributed by atoms with van der Waals surface area (Å²) in [7, 11) is 0.